The minimum atomic E-state index is -1.16. The van der Waals surface area contributed by atoms with Crippen molar-refractivity contribution in [2.24, 2.45) is 0 Å². The number of benzene rings is 1. The summed E-state index contributed by atoms with van der Waals surface area (Å²) < 4.78 is 2.29. The molecule has 0 aliphatic heterocycles. The number of anilines is 1. The summed E-state index contributed by atoms with van der Waals surface area (Å²) in [4.78, 5) is 22.8. The number of amides is 1. The molecule has 3 N–H and O–H groups in total. The lowest BCUT2D eigenvalue weighted by Crippen LogP contribution is -2.49. The smallest absolute Gasteiger partial charge is 0.323 e. The number of carboxylic acid groups (broad SMARTS) is 1. The number of hydrogen-bond acceptors (Lipinski definition) is 3. The van der Waals surface area contributed by atoms with Crippen molar-refractivity contribution >= 4 is 65.4 Å². The molecule has 0 saturated carbocycles. The van der Waals surface area contributed by atoms with E-state index < -0.39 is 11.5 Å². The third kappa shape index (κ3) is 4.83. The van der Waals surface area contributed by atoms with Gasteiger partial charge >= 0.3 is 5.97 Å². The number of halogens is 3. The second-order valence-corrected chi connectivity index (χ2v) is 7.20. The summed E-state index contributed by atoms with van der Waals surface area (Å²) in [5.41, 5.74) is -0.570. The summed E-state index contributed by atoms with van der Waals surface area (Å²) in [6.07, 6.45) is 0. The first-order chi connectivity index (χ1) is 9.13. The molecule has 0 saturated heterocycles. The Kier molecular flexibility index (Phi) is 6.18. The molecular formula is C12H13Br3N2O3. The Hall–Kier alpha value is -0.440. The topological polar surface area (TPSA) is 78.4 Å². The Morgan fingerprint density at radius 2 is 1.70 bits per heavy atom. The Bertz CT molecular complexity index is 524. The van der Waals surface area contributed by atoms with Gasteiger partial charge in [-0.05, 0) is 57.8 Å². The van der Waals surface area contributed by atoms with Gasteiger partial charge in [0.25, 0.3) is 0 Å². The molecule has 1 aromatic rings. The minimum absolute atomic E-state index is 0.103. The Morgan fingerprint density at radius 3 is 2.15 bits per heavy atom. The van der Waals surface area contributed by atoms with Crippen LogP contribution in [0, 0.1) is 0 Å². The van der Waals surface area contributed by atoms with Gasteiger partial charge in [-0.15, -0.1) is 0 Å². The molecule has 0 fully saturated rings. The average Bonchev–Trinajstić information content (AvgIpc) is 2.31. The lowest BCUT2D eigenvalue weighted by molar-refractivity contribution is -0.143. The maximum absolute atomic E-state index is 11.9. The van der Waals surface area contributed by atoms with Gasteiger partial charge in [0.05, 0.1) is 12.2 Å². The predicted molar refractivity (Wildman–Crippen MR) is 87.9 cm³/mol. The molecule has 0 heterocycles. The molecule has 20 heavy (non-hydrogen) atoms. The molecule has 0 aliphatic carbocycles. The maximum Gasteiger partial charge on any atom is 0.323 e. The van der Waals surface area contributed by atoms with Crippen molar-refractivity contribution in [3.63, 3.8) is 0 Å². The molecule has 1 amide bonds. The van der Waals surface area contributed by atoms with Crippen molar-refractivity contribution in [3.8, 4) is 0 Å². The van der Waals surface area contributed by atoms with E-state index in [1.165, 1.54) is 13.8 Å². The zero-order valence-electron chi connectivity index (χ0n) is 10.8. The summed E-state index contributed by atoms with van der Waals surface area (Å²) in [6, 6.07) is 3.60. The van der Waals surface area contributed by atoms with E-state index >= 15 is 0 Å². The number of carbonyl (C=O) groups is 2. The van der Waals surface area contributed by atoms with Crippen LogP contribution in [-0.2, 0) is 9.59 Å². The summed E-state index contributed by atoms with van der Waals surface area (Å²) in [7, 11) is 0. The van der Waals surface area contributed by atoms with Gasteiger partial charge in [0.1, 0.15) is 5.54 Å². The van der Waals surface area contributed by atoms with Gasteiger partial charge in [-0.3, -0.25) is 14.9 Å². The number of hydrogen-bond donors (Lipinski definition) is 3. The zero-order valence-corrected chi connectivity index (χ0v) is 15.5. The molecule has 110 valence electrons. The van der Waals surface area contributed by atoms with Gasteiger partial charge in [0.15, 0.2) is 0 Å². The van der Waals surface area contributed by atoms with Gasteiger partial charge in [-0.25, -0.2) is 0 Å². The van der Waals surface area contributed by atoms with Crippen molar-refractivity contribution in [1.29, 1.82) is 0 Å². The third-order valence-corrected chi connectivity index (χ3v) is 4.21. The minimum Gasteiger partial charge on any atom is -0.480 e. The van der Waals surface area contributed by atoms with Crippen LogP contribution in [0.3, 0.4) is 0 Å². The van der Waals surface area contributed by atoms with Crippen molar-refractivity contribution in [2.45, 2.75) is 19.4 Å². The first kappa shape index (κ1) is 17.6. The standard InChI is InChI=1S/C12H13Br3N2O3/c1-12(2,11(19)20)16-5-9(18)17-10-7(14)3-6(13)4-8(10)15/h3-4,16H,5H2,1-2H3,(H,17,18)(H,19,20). The SMILES string of the molecule is CC(C)(NCC(=O)Nc1c(Br)cc(Br)cc1Br)C(=O)O. The summed E-state index contributed by atoms with van der Waals surface area (Å²) >= 11 is 10.0. The quantitative estimate of drug-likeness (QED) is 0.614. The van der Waals surface area contributed by atoms with Crippen LogP contribution in [0.1, 0.15) is 13.8 Å². The first-order valence-electron chi connectivity index (χ1n) is 5.56. The fourth-order valence-corrected chi connectivity index (χ4v) is 3.68. The van der Waals surface area contributed by atoms with Gasteiger partial charge in [-0.1, -0.05) is 15.9 Å². The molecule has 0 unspecified atom stereocenters. The lowest BCUT2D eigenvalue weighted by atomic mass is 10.1. The van der Waals surface area contributed by atoms with Crippen LogP contribution in [0.5, 0.6) is 0 Å². The van der Waals surface area contributed by atoms with E-state index in [0.717, 1.165) is 4.47 Å². The molecule has 0 radical (unpaired) electrons. The van der Waals surface area contributed by atoms with Gasteiger partial charge in [0, 0.05) is 13.4 Å². The van der Waals surface area contributed by atoms with Crippen molar-refractivity contribution < 1.29 is 14.7 Å². The van der Waals surface area contributed by atoms with Gasteiger partial charge in [0.2, 0.25) is 5.91 Å². The Balaban J connectivity index is 2.71. The highest BCUT2D eigenvalue weighted by Gasteiger charge is 2.27. The van der Waals surface area contributed by atoms with Crippen LogP contribution in [0.2, 0.25) is 0 Å². The molecule has 0 atom stereocenters. The van der Waals surface area contributed by atoms with Crippen molar-refractivity contribution in [2.75, 3.05) is 11.9 Å². The highest BCUT2D eigenvalue weighted by Crippen LogP contribution is 2.34. The molecule has 0 aliphatic rings. The molecule has 5 nitrogen and oxygen atoms in total. The van der Waals surface area contributed by atoms with Crippen LogP contribution in [0.4, 0.5) is 5.69 Å². The van der Waals surface area contributed by atoms with Crippen molar-refractivity contribution in [1.82, 2.24) is 5.32 Å². The highest BCUT2D eigenvalue weighted by molar-refractivity contribution is 9.11. The summed E-state index contributed by atoms with van der Waals surface area (Å²) in [5.74, 6) is -1.35. The van der Waals surface area contributed by atoms with Crippen LogP contribution < -0.4 is 10.6 Å². The average molecular weight is 473 g/mol. The van der Waals surface area contributed by atoms with Crippen molar-refractivity contribution in [3.05, 3.63) is 25.6 Å². The van der Waals surface area contributed by atoms with Gasteiger partial charge in [-0.2, -0.15) is 0 Å². The lowest BCUT2D eigenvalue weighted by Gasteiger charge is -2.20. The molecule has 1 rings (SSSR count). The highest BCUT2D eigenvalue weighted by atomic mass is 79.9. The second-order valence-electron chi connectivity index (χ2n) is 4.58. The van der Waals surface area contributed by atoms with E-state index in [1.807, 2.05) is 0 Å². The van der Waals surface area contributed by atoms with Crippen LogP contribution in [0.15, 0.2) is 25.6 Å². The third-order valence-electron chi connectivity index (χ3n) is 2.50. The molecule has 0 aromatic heterocycles. The van der Waals surface area contributed by atoms with E-state index in [9.17, 15) is 9.59 Å². The number of aliphatic carboxylic acids is 1. The van der Waals surface area contributed by atoms with Gasteiger partial charge < -0.3 is 10.4 Å². The number of carbonyl (C=O) groups excluding carboxylic acids is 1. The van der Waals surface area contributed by atoms with Crippen LogP contribution in [0.25, 0.3) is 0 Å². The van der Waals surface area contributed by atoms with E-state index in [0.29, 0.717) is 14.6 Å². The van der Waals surface area contributed by atoms with Crippen LogP contribution in [-0.4, -0.2) is 29.1 Å². The maximum atomic E-state index is 11.9. The van der Waals surface area contributed by atoms with E-state index in [2.05, 4.69) is 58.4 Å². The number of rotatable bonds is 5. The van der Waals surface area contributed by atoms with E-state index in [-0.39, 0.29) is 12.5 Å². The van der Waals surface area contributed by atoms with E-state index in [1.54, 1.807) is 12.1 Å². The fourth-order valence-electron chi connectivity index (χ4n) is 1.22. The van der Waals surface area contributed by atoms with Crippen LogP contribution >= 0.6 is 47.8 Å². The monoisotopic (exact) mass is 470 g/mol. The van der Waals surface area contributed by atoms with E-state index in [4.69, 9.17) is 5.11 Å². The Morgan fingerprint density at radius 1 is 1.20 bits per heavy atom. The number of carboxylic acids is 1. The first-order valence-corrected chi connectivity index (χ1v) is 7.94. The molecule has 0 spiro atoms. The summed E-state index contributed by atoms with van der Waals surface area (Å²) in [6.45, 7) is 2.89. The molecule has 1 aromatic carbocycles. The second kappa shape index (κ2) is 7.02. The largest absolute Gasteiger partial charge is 0.480 e. The normalized spacial score (nSPS) is 11.2. The molecule has 0 bridgehead atoms. The Labute approximate surface area is 141 Å². The molecule has 8 heteroatoms. The predicted octanol–water partition coefficient (Wildman–Crippen LogP) is 3.37. The zero-order chi connectivity index (χ0) is 15.5. The summed E-state index contributed by atoms with van der Waals surface area (Å²) in [5, 5.41) is 14.3. The number of nitrogens with one attached hydrogen (secondary N) is 2. The fraction of sp³-hybridized carbons (Fsp3) is 0.333. The molecular weight excluding hydrogens is 460 g/mol.